The average molecular weight is 325 g/mol. The van der Waals surface area contributed by atoms with Gasteiger partial charge in [0.2, 0.25) is 0 Å². The molecule has 126 valence electrons. The Morgan fingerprint density at radius 1 is 1.12 bits per heavy atom. The molecule has 0 fully saturated rings. The summed E-state index contributed by atoms with van der Waals surface area (Å²) in [6.45, 7) is 3.97. The molecule has 1 heterocycles. The summed E-state index contributed by atoms with van der Waals surface area (Å²) in [7, 11) is 1.76. The standard InChI is InChI=1S/C19H23N3O2/c1-14-6-5-7-15(10-14)11-21-19(20-2)22-12-16-13-23-17-8-3-4-9-18(17)24-16/h3-10,16H,11-13H2,1-2H3,(H2,20,21,22). The minimum atomic E-state index is -0.0441. The molecular formula is C19H23N3O2. The third-order valence-electron chi connectivity index (χ3n) is 3.83. The van der Waals surface area contributed by atoms with Crippen LogP contribution >= 0.6 is 0 Å². The second kappa shape index (κ2) is 7.73. The summed E-state index contributed by atoms with van der Waals surface area (Å²) in [5.41, 5.74) is 2.48. The Kier molecular flexibility index (Phi) is 5.21. The number of rotatable bonds is 4. The topological polar surface area (TPSA) is 54.9 Å². The maximum Gasteiger partial charge on any atom is 0.191 e. The minimum absolute atomic E-state index is 0.0441. The first-order chi connectivity index (χ1) is 11.7. The zero-order valence-electron chi connectivity index (χ0n) is 14.1. The van der Waals surface area contributed by atoms with Crippen LogP contribution in [-0.2, 0) is 6.54 Å². The highest BCUT2D eigenvalue weighted by Crippen LogP contribution is 2.30. The maximum atomic E-state index is 5.94. The Bertz CT molecular complexity index is 715. The highest BCUT2D eigenvalue weighted by Gasteiger charge is 2.20. The van der Waals surface area contributed by atoms with Gasteiger partial charge in [0, 0.05) is 13.6 Å². The average Bonchev–Trinajstić information content (AvgIpc) is 2.62. The van der Waals surface area contributed by atoms with E-state index >= 15 is 0 Å². The second-order valence-electron chi connectivity index (χ2n) is 5.79. The van der Waals surface area contributed by atoms with E-state index in [2.05, 4.69) is 46.8 Å². The lowest BCUT2D eigenvalue weighted by molar-refractivity contribution is 0.0936. The van der Waals surface area contributed by atoms with E-state index in [1.165, 1.54) is 11.1 Å². The van der Waals surface area contributed by atoms with Gasteiger partial charge in [0.15, 0.2) is 17.5 Å². The number of hydrogen-bond donors (Lipinski definition) is 2. The number of fused-ring (bicyclic) bond motifs is 1. The number of ether oxygens (including phenoxy) is 2. The van der Waals surface area contributed by atoms with E-state index in [9.17, 15) is 0 Å². The summed E-state index contributed by atoms with van der Waals surface area (Å²) in [4.78, 5) is 4.25. The lowest BCUT2D eigenvalue weighted by atomic mass is 10.1. The second-order valence-corrected chi connectivity index (χ2v) is 5.79. The molecule has 0 spiro atoms. The fraction of sp³-hybridized carbons (Fsp3) is 0.316. The molecule has 0 saturated heterocycles. The Hall–Kier alpha value is -2.69. The van der Waals surface area contributed by atoms with Crippen molar-refractivity contribution < 1.29 is 9.47 Å². The van der Waals surface area contributed by atoms with Crippen LogP contribution in [0.25, 0.3) is 0 Å². The number of aryl methyl sites for hydroxylation is 1. The lowest BCUT2D eigenvalue weighted by Crippen LogP contribution is -2.45. The Morgan fingerprint density at radius 3 is 2.75 bits per heavy atom. The molecule has 1 aliphatic heterocycles. The van der Waals surface area contributed by atoms with Crippen molar-refractivity contribution >= 4 is 5.96 Å². The smallest absolute Gasteiger partial charge is 0.191 e. The number of guanidine groups is 1. The zero-order valence-corrected chi connectivity index (χ0v) is 14.1. The van der Waals surface area contributed by atoms with Gasteiger partial charge in [-0.2, -0.15) is 0 Å². The van der Waals surface area contributed by atoms with Crippen molar-refractivity contribution in [1.29, 1.82) is 0 Å². The SMILES string of the molecule is CN=C(NCc1cccc(C)c1)NCC1COc2ccccc2O1. The quantitative estimate of drug-likeness (QED) is 0.670. The van der Waals surface area contributed by atoms with E-state index in [0.29, 0.717) is 13.2 Å². The molecule has 0 bridgehead atoms. The molecule has 0 saturated carbocycles. The lowest BCUT2D eigenvalue weighted by Gasteiger charge is -2.27. The summed E-state index contributed by atoms with van der Waals surface area (Å²) in [6.07, 6.45) is -0.0441. The summed E-state index contributed by atoms with van der Waals surface area (Å²) in [6, 6.07) is 16.1. The Morgan fingerprint density at radius 2 is 1.96 bits per heavy atom. The maximum absolute atomic E-state index is 5.94. The largest absolute Gasteiger partial charge is 0.486 e. The first kappa shape index (κ1) is 16.2. The molecule has 0 radical (unpaired) electrons. The Balaban J connectivity index is 1.48. The van der Waals surface area contributed by atoms with Crippen LogP contribution in [-0.4, -0.2) is 32.3 Å². The van der Waals surface area contributed by atoms with E-state index in [0.717, 1.165) is 24.0 Å². The van der Waals surface area contributed by atoms with Crippen molar-refractivity contribution in [2.75, 3.05) is 20.2 Å². The van der Waals surface area contributed by atoms with Gasteiger partial charge in [-0.25, -0.2) is 0 Å². The van der Waals surface area contributed by atoms with Gasteiger partial charge in [0.25, 0.3) is 0 Å². The van der Waals surface area contributed by atoms with E-state index < -0.39 is 0 Å². The minimum Gasteiger partial charge on any atom is -0.486 e. The van der Waals surface area contributed by atoms with E-state index in [4.69, 9.17) is 9.47 Å². The number of benzene rings is 2. The molecule has 0 amide bonds. The van der Waals surface area contributed by atoms with Crippen LogP contribution in [0.15, 0.2) is 53.5 Å². The van der Waals surface area contributed by atoms with Crippen molar-refractivity contribution in [1.82, 2.24) is 10.6 Å². The van der Waals surface area contributed by atoms with E-state index in [1.54, 1.807) is 7.05 Å². The predicted octanol–water partition coefficient (Wildman–Crippen LogP) is 2.50. The third-order valence-corrected chi connectivity index (χ3v) is 3.83. The van der Waals surface area contributed by atoms with Gasteiger partial charge in [0.05, 0.1) is 6.54 Å². The van der Waals surface area contributed by atoms with Crippen molar-refractivity contribution in [2.24, 2.45) is 4.99 Å². The molecule has 0 aromatic heterocycles. The monoisotopic (exact) mass is 325 g/mol. The van der Waals surface area contributed by atoms with Gasteiger partial charge in [-0.15, -0.1) is 0 Å². The van der Waals surface area contributed by atoms with Crippen LogP contribution in [0, 0.1) is 6.92 Å². The van der Waals surface area contributed by atoms with Gasteiger partial charge in [-0.05, 0) is 24.6 Å². The number of aliphatic imine (C=N–C) groups is 1. The third kappa shape index (κ3) is 4.19. The van der Waals surface area contributed by atoms with E-state index in [-0.39, 0.29) is 6.10 Å². The zero-order chi connectivity index (χ0) is 16.8. The van der Waals surface area contributed by atoms with Crippen LogP contribution in [0.5, 0.6) is 11.5 Å². The molecule has 2 N–H and O–H groups in total. The van der Waals surface area contributed by atoms with Crippen LogP contribution in [0.3, 0.4) is 0 Å². The number of nitrogens with one attached hydrogen (secondary N) is 2. The predicted molar refractivity (Wildman–Crippen MR) is 95.7 cm³/mol. The van der Waals surface area contributed by atoms with Crippen molar-refractivity contribution in [3.63, 3.8) is 0 Å². The fourth-order valence-electron chi connectivity index (χ4n) is 2.60. The summed E-state index contributed by atoms with van der Waals surface area (Å²) in [5.74, 6) is 2.34. The van der Waals surface area contributed by atoms with Crippen LogP contribution < -0.4 is 20.1 Å². The van der Waals surface area contributed by atoms with E-state index in [1.807, 2.05) is 24.3 Å². The Labute approximate surface area is 142 Å². The molecule has 0 aliphatic carbocycles. The number of nitrogens with zero attached hydrogens (tertiary/aromatic N) is 1. The molecule has 5 nitrogen and oxygen atoms in total. The highest BCUT2D eigenvalue weighted by atomic mass is 16.6. The molecule has 2 aromatic rings. The molecule has 5 heteroatoms. The molecule has 24 heavy (non-hydrogen) atoms. The van der Waals surface area contributed by atoms with Gasteiger partial charge in [0.1, 0.15) is 12.7 Å². The molecule has 3 rings (SSSR count). The van der Waals surface area contributed by atoms with Crippen molar-refractivity contribution in [3.05, 3.63) is 59.7 Å². The van der Waals surface area contributed by atoms with Crippen LogP contribution in [0.2, 0.25) is 0 Å². The van der Waals surface area contributed by atoms with Crippen LogP contribution in [0.4, 0.5) is 0 Å². The molecule has 2 aromatic carbocycles. The van der Waals surface area contributed by atoms with Gasteiger partial charge in [-0.3, -0.25) is 4.99 Å². The van der Waals surface area contributed by atoms with Gasteiger partial charge >= 0.3 is 0 Å². The molecule has 1 unspecified atom stereocenters. The number of para-hydroxylation sites is 2. The summed E-state index contributed by atoms with van der Waals surface area (Å²) < 4.78 is 11.7. The highest BCUT2D eigenvalue weighted by molar-refractivity contribution is 5.79. The first-order valence-corrected chi connectivity index (χ1v) is 8.13. The fourth-order valence-corrected chi connectivity index (χ4v) is 2.60. The van der Waals surface area contributed by atoms with Crippen molar-refractivity contribution in [2.45, 2.75) is 19.6 Å². The summed E-state index contributed by atoms with van der Waals surface area (Å²) in [5, 5.41) is 6.60. The number of hydrogen-bond acceptors (Lipinski definition) is 3. The normalized spacial score (nSPS) is 16.6. The van der Waals surface area contributed by atoms with Gasteiger partial charge < -0.3 is 20.1 Å². The van der Waals surface area contributed by atoms with Crippen molar-refractivity contribution in [3.8, 4) is 11.5 Å². The molecular weight excluding hydrogens is 302 g/mol. The van der Waals surface area contributed by atoms with Gasteiger partial charge in [-0.1, -0.05) is 42.0 Å². The van der Waals surface area contributed by atoms with Crippen LogP contribution in [0.1, 0.15) is 11.1 Å². The molecule has 1 aliphatic rings. The summed E-state index contributed by atoms with van der Waals surface area (Å²) >= 11 is 0. The first-order valence-electron chi connectivity index (χ1n) is 8.13. The molecule has 1 atom stereocenters.